The number of rotatable bonds is 3. The Morgan fingerprint density at radius 2 is 1.31 bits per heavy atom. The van der Waals surface area contributed by atoms with Gasteiger partial charge in [-0.15, -0.1) is 0 Å². The van der Waals surface area contributed by atoms with Crippen LogP contribution in [0.25, 0.3) is 10.8 Å². The first kappa shape index (κ1) is 27.6. The van der Waals surface area contributed by atoms with E-state index in [1.807, 2.05) is 36.4 Å². The van der Waals surface area contributed by atoms with Crippen molar-refractivity contribution in [2.75, 3.05) is 7.11 Å². The molecule has 204 valence electrons. The van der Waals surface area contributed by atoms with Crippen molar-refractivity contribution < 1.29 is 28.6 Å². The molecule has 1 aliphatic rings. The minimum Gasteiger partial charge on any atom is -0.465 e. The highest BCUT2D eigenvalue weighted by Crippen LogP contribution is 2.41. The molecule has 1 aliphatic heterocycles. The van der Waals surface area contributed by atoms with Gasteiger partial charge >= 0.3 is 18.2 Å². The van der Waals surface area contributed by atoms with Gasteiger partial charge in [0.05, 0.1) is 7.11 Å². The minimum absolute atomic E-state index is 0.0233. The highest BCUT2D eigenvalue weighted by atomic mass is 16.6. The molecule has 2 amide bonds. The topological polar surface area (TPSA) is 97.7 Å². The van der Waals surface area contributed by atoms with Crippen molar-refractivity contribution in [3.05, 3.63) is 83.9 Å². The fourth-order valence-electron chi connectivity index (χ4n) is 4.24. The van der Waals surface area contributed by atoms with E-state index in [1.54, 1.807) is 77.9 Å². The fourth-order valence-corrected chi connectivity index (χ4v) is 4.24. The second-order valence-corrected chi connectivity index (χ2v) is 11.1. The number of carbonyl (C=O) groups excluding carboxylic acids is 3. The van der Waals surface area contributed by atoms with Gasteiger partial charge in [0.2, 0.25) is 0 Å². The average molecular weight is 532 g/mol. The molecular weight excluding hydrogens is 498 g/mol. The number of ether oxygens (including phenoxy) is 3. The minimum atomic E-state index is -2.11. The van der Waals surface area contributed by atoms with Crippen LogP contribution in [-0.4, -0.2) is 52.3 Å². The number of carbonyl (C=O) groups is 3. The summed E-state index contributed by atoms with van der Waals surface area (Å²) in [5.41, 5.74) is -3.21. The number of benzene rings is 3. The standard InChI is InChI=1S/C30H33N3O6/c1-28(2,3)38-26(35)32-24(22-18-17-20-13-11-12-14-21(20)19-22)31-30(25(34)37-7,23-15-9-8-10-16-23)33(32)27(36)39-29(4,5)6/h8-19H,1-7H3/t30-/m1/s1. The number of amidine groups is 1. The number of hydrazine groups is 1. The Morgan fingerprint density at radius 3 is 1.90 bits per heavy atom. The molecule has 39 heavy (non-hydrogen) atoms. The third kappa shape index (κ3) is 5.43. The van der Waals surface area contributed by atoms with Crippen molar-refractivity contribution in [2.24, 2.45) is 4.99 Å². The van der Waals surface area contributed by atoms with Crippen LogP contribution in [0.1, 0.15) is 52.7 Å². The molecule has 0 aromatic heterocycles. The van der Waals surface area contributed by atoms with Gasteiger partial charge in [-0.25, -0.2) is 19.4 Å². The van der Waals surface area contributed by atoms with E-state index >= 15 is 0 Å². The molecule has 1 atom stereocenters. The van der Waals surface area contributed by atoms with Crippen LogP contribution in [0.4, 0.5) is 9.59 Å². The van der Waals surface area contributed by atoms with Crippen molar-refractivity contribution in [3.8, 4) is 0 Å². The predicted octanol–water partition coefficient (Wildman–Crippen LogP) is 6.02. The Morgan fingerprint density at radius 1 is 0.744 bits per heavy atom. The summed E-state index contributed by atoms with van der Waals surface area (Å²) in [6.07, 6.45) is -1.90. The third-order valence-electron chi connectivity index (χ3n) is 5.76. The summed E-state index contributed by atoms with van der Waals surface area (Å²) in [6, 6.07) is 21.6. The number of amides is 2. The van der Waals surface area contributed by atoms with Gasteiger partial charge in [-0.05, 0) is 58.4 Å². The van der Waals surface area contributed by atoms with Gasteiger partial charge in [0.25, 0.3) is 5.66 Å². The van der Waals surface area contributed by atoms with Crippen LogP contribution in [0, 0.1) is 0 Å². The van der Waals surface area contributed by atoms with Gasteiger partial charge in [-0.3, -0.25) is 0 Å². The SMILES string of the molecule is COC(=O)[C@]1(c2ccccc2)N=C(c2ccc3ccccc3c2)N(C(=O)OC(C)(C)C)N1C(=O)OC(C)(C)C. The molecule has 0 spiro atoms. The molecule has 0 radical (unpaired) electrons. The summed E-state index contributed by atoms with van der Waals surface area (Å²) in [5.74, 6) is -0.862. The second-order valence-electron chi connectivity index (χ2n) is 11.1. The van der Waals surface area contributed by atoms with E-state index in [1.165, 1.54) is 7.11 Å². The zero-order valence-electron chi connectivity index (χ0n) is 23.2. The Kier molecular flexibility index (Phi) is 7.12. The van der Waals surface area contributed by atoms with Crippen molar-refractivity contribution in [1.82, 2.24) is 10.0 Å². The fraction of sp³-hybridized carbons (Fsp3) is 0.333. The number of methoxy groups -OCH3 is 1. The molecule has 4 rings (SSSR count). The molecule has 0 saturated carbocycles. The summed E-state index contributed by atoms with van der Waals surface area (Å²) >= 11 is 0. The van der Waals surface area contributed by atoms with Crippen LogP contribution in [0.2, 0.25) is 0 Å². The van der Waals surface area contributed by atoms with Gasteiger partial charge in [-0.1, -0.05) is 66.7 Å². The van der Waals surface area contributed by atoms with Crippen molar-refractivity contribution >= 4 is 34.8 Å². The van der Waals surface area contributed by atoms with Crippen molar-refractivity contribution in [2.45, 2.75) is 58.4 Å². The number of aliphatic imine (C=N–C) groups is 1. The predicted molar refractivity (Wildman–Crippen MR) is 147 cm³/mol. The van der Waals surface area contributed by atoms with Crippen LogP contribution < -0.4 is 0 Å². The molecule has 3 aromatic carbocycles. The lowest BCUT2D eigenvalue weighted by Crippen LogP contribution is -2.60. The lowest BCUT2D eigenvalue weighted by molar-refractivity contribution is -0.161. The van der Waals surface area contributed by atoms with Crippen LogP contribution in [0.5, 0.6) is 0 Å². The Hall–Kier alpha value is -4.40. The molecule has 1 heterocycles. The molecule has 0 aliphatic carbocycles. The normalized spacial score (nSPS) is 17.6. The quantitative estimate of drug-likeness (QED) is 0.303. The Bertz CT molecular complexity index is 1440. The molecular formula is C30H33N3O6. The number of hydrogen-bond donors (Lipinski definition) is 0. The zero-order chi connectivity index (χ0) is 28.6. The first-order chi connectivity index (χ1) is 18.3. The maximum absolute atomic E-state index is 13.9. The third-order valence-corrected chi connectivity index (χ3v) is 5.76. The Labute approximate surface area is 227 Å². The van der Waals surface area contributed by atoms with E-state index in [-0.39, 0.29) is 5.84 Å². The van der Waals surface area contributed by atoms with Gasteiger partial charge in [0.1, 0.15) is 11.2 Å². The summed E-state index contributed by atoms with van der Waals surface area (Å²) in [4.78, 5) is 46.3. The van der Waals surface area contributed by atoms with E-state index < -0.39 is 35.0 Å². The molecule has 9 nitrogen and oxygen atoms in total. The smallest absolute Gasteiger partial charge is 0.435 e. The van der Waals surface area contributed by atoms with Crippen LogP contribution >= 0.6 is 0 Å². The molecule has 0 saturated heterocycles. The van der Waals surface area contributed by atoms with Crippen LogP contribution in [0.15, 0.2) is 77.8 Å². The van der Waals surface area contributed by atoms with E-state index in [2.05, 4.69) is 0 Å². The molecule has 9 heteroatoms. The maximum Gasteiger partial charge on any atom is 0.435 e. The van der Waals surface area contributed by atoms with E-state index in [4.69, 9.17) is 19.2 Å². The highest BCUT2D eigenvalue weighted by Gasteiger charge is 2.61. The lowest BCUT2D eigenvalue weighted by atomic mass is 9.99. The molecule has 0 N–H and O–H groups in total. The van der Waals surface area contributed by atoms with Crippen LogP contribution in [0.3, 0.4) is 0 Å². The molecule has 3 aromatic rings. The van der Waals surface area contributed by atoms with E-state index in [9.17, 15) is 14.4 Å². The lowest BCUT2D eigenvalue weighted by Gasteiger charge is -2.38. The molecule has 0 unspecified atom stereocenters. The van der Waals surface area contributed by atoms with E-state index in [0.717, 1.165) is 20.8 Å². The highest BCUT2D eigenvalue weighted by molar-refractivity contribution is 6.12. The van der Waals surface area contributed by atoms with Gasteiger partial charge in [-0.2, -0.15) is 10.0 Å². The summed E-state index contributed by atoms with van der Waals surface area (Å²) < 4.78 is 16.6. The largest absolute Gasteiger partial charge is 0.465 e. The maximum atomic E-state index is 13.9. The number of fused-ring (bicyclic) bond motifs is 1. The molecule has 0 bridgehead atoms. The van der Waals surface area contributed by atoms with Crippen molar-refractivity contribution in [1.29, 1.82) is 0 Å². The van der Waals surface area contributed by atoms with Crippen molar-refractivity contribution in [3.63, 3.8) is 0 Å². The number of hydrogen-bond acceptors (Lipinski definition) is 7. The van der Waals surface area contributed by atoms with Gasteiger partial charge in [0.15, 0.2) is 5.84 Å². The second kappa shape index (κ2) is 10.1. The number of nitrogens with zero attached hydrogens (tertiary/aromatic N) is 3. The van der Waals surface area contributed by atoms with E-state index in [0.29, 0.717) is 11.1 Å². The number of esters is 1. The van der Waals surface area contributed by atoms with Gasteiger partial charge in [0, 0.05) is 11.1 Å². The summed E-state index contributed by atoms with van der Waals surface area (Å²) in [5, 5.41) is 3.70. The van der Waals surface area contributed by atoms with Crippen LogP contribution in [-0.2, 0) is 24.7 Å². The first-order valence-electron chi connectivity index (χ1n) is 12.6. The average Bonchev–Trinajstić information content (AvgIpc) is 3.24. The summed E-state index contributed by atoms with van der Waals surface area (Å²) in [6.45, 7) is 10.2. The first-order valence-corrected chi connectivity index (χ1v) is 12.6. The zero-order valence-corrected chi connectivity index (χ0v) is 23.2. The molecule has 0 fully saturated rings. The Balaban J connectivity index is 2.04. The monoisotopic (exact) mass is 531 g/mol. The van der Waals surface area contributed by atoms with Gasteiger partial charge < -0.3 is 14.2 Å². The summed E-state index contributed by atoms with van der Waals surface area (Å²) in [7, 11) is 1.20.